The predicted molar refractivity (Wildman–Crippen MR) is 77.4 cm³/mol. The van der Waals surface area contributed by atoms with Crippen molar-refractivity contribution in [3.05, 3.63) is 59.7 Å². The number of carbonyl (C=O) groups excluding carboxylic acids is 2. The molecule has 3 rings (SSSR count). The number of benzene rings is 2. The highest BCUT2D eigenvalue weighted by Gasteiger charge is 2.32. The van der Waals surface area contributed by atoms with Crippen LogP contribution in [-0.4, -0.2) is 11.8 Å². The Kier molecular flexibility index (Phi) is 3.58. The van der Waals surface area contributed by atoms with E-state index in [2.05, 4.69) is 10.6 Å². The zero-order valence-electron chi connectivity index (χ0n) is 11.4. The fourth-order valence-electron chi connectivity index (χ4n) is 2.46. The fraction of sp³-hybridized carbons (Fsp3) is 0.125. The van der Waals surface area contributed by atoms with E-state index in [9.17, 15) is 18.4 Å². The van der Waals surface area contributed by atoms with Crippen molar-refractivity contribution in [3.8, 4) is 0 Å². The number of para-hydroxylation sites is 1. The lowest BCUT2D eigenvalue weighted by Crippen LogP contribution is -2.20. The van der Waals surface area contributed by atoms with Gasteiger partial charge in [-0.15, -0.1) is 0 Å². The second-order valence-corrected chi connectivity index (χ2v) is 5.01. The molecule has 2 amide bonds. The van der Waals surface area contributed by atoms with Gasteiger partial charge < -0.3 is 10.6 Å². The maximum atomic E-state index is 13.5. The molecule has 112 valence electrons. The van der Waals surface area contributed by atoms with E-state index in [0.717, 1.165) is 17.7 Å². The quantitative estimate of drug-likeness (QED) is 0.915. The largest absolute Gasteiger partial charge is 0.325 e. The standard InChI is InChI=1S/C16H12F2N2O2/c17-9-5-6-14(12(18)7-9)19-15(21)8-11-10-3-1-2-4-13(10)20-16(11)22/h1-7,11H,8H2,(H,19,21)(H,20,22). The van der Waals surface area contributed by atoms with Gasteiger partial charge in [-0.1, -0.05) is 18.2 Å². The van der Waals surface area contributed by atoms with Crippen LogP contribution < -0.4 is 10.6 Å². The molecule has 1 aliphatic heterocycles. The number of fused-ring (bicyclic) bond motifs is 1. The molecule has 1 unspecified atom stereocenters. The summed E-state index contributed by atoms with van der Waals surface area (Å²) in [5, 5.41) is 5.05. The lowest BCUT2D eigenvalue weighted by atomic mass is 9.97. The van der Waals surface area contributed by atoms with Crippen LogP contribution in [0.25, 0.3) is 0 Å². The number of carbonyl (C=O) groups is 2. The van der Waals surface area contributed by atoms with E-state index in [-0.39, 0.29) is 18.0 Å². The number of halogens is 2. The first-order chi connectivity index (χ1) is 10.5. The Morgan fingerprint density at radius 3 is 2.73 bits per heavy atom. The molecule has 0 radical (unpaired) electrons. The van der Waals surface area contributed by atoms with Crippen molar-refractivity contribution in [3.63, 3.8) is 0 Å². The van der Waals surface area contributed by atoms with Crippen molar-refractivity contribution in [1.29, 1.82) is 0 Å². The molecule has 2 aromatic rings. The molecule has 0 bridgehead atoms. The SMILES string of the molecule is O=C(CC1C(=O)Nc2ccccc21)Nc1ccc(F)cc1F. The Bertz CT molecular complexity index is 762. The van der Waals surface area contributed by atoms with E-state index >= 15 is 0 Å². The minimum atomic E-state index is -0.857. The van der Waals surface area contributed by atoms with Gasteiger partial charge in [0.1, 0.15) is 11.6 Å². The first-order valence-electron chi connectivity index (χ1n) is 6.69. The van der Waals surface area contributed by atoms with Crippen LogP contribution in [0, 0.1) is 11.6 Å². The van der Waals surface area contributed by atoms with Crippen molar-refractivity contribution in [1.82, 2.24) is 0 Å². The number of amides is 2. The maximum Gasteiger partial charge on any atom is 0.232 e. The molecule has 0 saturated heterocycles. The Balaban J connectivity index is 1.73. The third-order valence-corrected chi connectivity index (χ3v) is 3.51. The summed E-state index contributed by atoms with van der Waals surface area (Å²) in [7, 11) is 0. The molecule has 22 heavy (non-hydrogen) atoms. The smallest absolute Gasteiger partial charge is 0.232 e. The van der Waals surface area contributed by atoms with Gasteiger partial charge in [0.2, 0.25) is 11.8 Å². The van der Waals surface area contributed by atoms with E-state index in [1.165, 1.54) is 0 Å². The van der Waals surface area contributed by atoms with E-state index in [4.69, 9.17) is 0 Å². The zero-order chi connectivity index (χ0) is 15.7. The van der Waals surface area contributed by atoms with Crippen molar-refractivity contribution < 1.29 is 18.4 Å². The maximum absolute atomic E-state index is 13.5. The molecule has 1 aliphatic rings. The van der Waals surface area contributed by atoms with Crippen LogP contribution in [0.4, 0.5) is 20.2 Å². The first-order valence-corrected chi connectivity index (χ1v) is 6.69. The topological polar surface area (TPSA) is 58.2 Å². The monoisotopic (exact) mass is 302 g/mol. The summed E-state index contributed by atoms with van der Waals surface area (Å²) in [6.45, 7) is 0. The number of hydrogen-bond donors (Lipinski definition) is 2. The average Bonchev–Trinajstić information content (AvgIpc) is 2.78. The summed E-state index contributed by atoms with van der Waals surface area (Å²) >= 11 is 0. The molecule has 1 heterocycles. The van der Waals surface area contributed by atoms with Gasteiger partial charge in [-0.05, 0) is 23.8 Å². The lowest BCUT2D eigenvalue weighted by Gasteiger charge is -2.10. The molecule has 0 aromatic heterocycles. The molecule has 0 saturated carbocycles. The normalized spacial score (nSPS) is 16.1. The molecule has 2 N–H and O–H groups in total. The second kappa shape index (κ2) is 5.55. The van der Waals surface area contributed by atoms with E-state index in [1.54, 1.807) is 24.3 Å². The summed E-state index contributed by atoms with van der Waals surface area (Å²) in [6, 6.07) is 9.97. The lowest BCUT2D eigenvalue weighted by molar-refractivity contribution is -0.122. The number of anilines is 2. The number of hydrogen-bond acceptors (Lipinski definition) is 2. The molecule has 0 fully saturated rings. The molecule has 6 heteroatoms. The summed E-state index contributed by atoms with van der Waals surface area (Å²) in [5.41, 5.74) is 1.30. The molecule has 2 aromatic carbocycles. The van der Waals surface area contributed by atoms with Crippen LogP contribution in [0.15, 0.2) is 42.5 Å². The predicted octanol–water partition coefficient (Wildman–Crippen LogP) is 3.03. The van der Waals surface area contributed by atoms with Gasteiger partial charge in [0.25, 0.3) is 0 Å². The summed E-state index contributed by atoms with van der Waals surface area (Å²) < 4.78 is 26.3. The molecular weight excluding hydrogens is 290 g/mol. The Hall–Kier alpha value is -2.76. The highest BCUT2D eigenvalue weighted by atomic mass is 19.1. The van der Waals surface area contributed by atoms with Crippen molar-refractivity contribution >= 4 is 23.2 Å². The summed E-state index contributed by atoms with van der Waals surface area (Å²) in [5.74, 6) is -2.97. The highest BCUT2D eigenvalue weighted by Crippen LogP contribution is 2.34. The van der Waals surface area contributed by atoms with Crippen LogP contribution in [0.3, 0.4) is 0 Å². The van der Waals surface area contributed by atoms with E-state index in [0.29, 0.717) is 11.8 Å². The van der Waals surface area contributed by atoms with Crippen LogP contribution in [0.1, 0.15) is 17.9 Å². The van der Waals surface area contributed by atoms with Gasteiger partial charge in [-0.2, -0.15) is 0 Å². The van der Waals surface area contributed by atoms with Gasteiger partial charge in [-0.3, -0.25) is 9.59 Å². The Morgan fingerprint density at radius 2 is 1.95 bits per heavy atom. The molecule has 0 aliphatic carbocycles. The van der Waals surface area contributed by atoms with Gasteiger partial charge in [0, 0.05) is 18.2 Å². The summed E-state index contributed by atoms with van der Waals surface area (Å²) in [4.78, 5) is 23.9. The van der Waals surface area contributed by atoms with Gasteiger partial charge in [0.05, 0.1) is 11.6 Å². The van der Waals surface area contributed by atoms with Crippen molar-refractivity contribution in [2.45, 2.75) is 12.3 Å². The van der Waals surface area contributed by atoms with E-state index < -0.39 is 23.5 Å². The number of rotatable bonds is 3. The van der Waals surface area contributed by atoms with Crippen LogP contribution >= 0.6 is 0 Å². The fourth-order valence-corrected chi connectivity index (χ4v) is 2.46. The highest BCUT2D eigenvalue weighted by molar-refractivity contribution is 6.06. The molecular formula is C16H12F2N2O2. The van der Waals surface area contributed by atoms with Gasteiger partial charge in [-0.25, -0.2) is 8.78 Å². The van der Waals surface area contributed by atoms with Crippen LogP contribution in [0.5, 0.6) is 0 Å². The third-order valence-electron chi connectivity index (χ3n) is 3.51. The first kappa shape index (κ1) is 14.2. The summed E-state index contributed by atoms with van der Waals surface area (Å²) in [6.07, 6.45) is -0.111. The number of nitrogens with one attached hydrogen (secondary N) is 2. The van der Waals surface area contributed by atoms with Gasteiger partial charge >= 0.3 is 0 Å². The second-order valence-electron chi connectivity index (χ2n) is 5.01. The Morgan fingerprint density at radius 1 is 1.18 bits per heavy atom. The Labute approximate surface area is 125 Å². The molecule has 1 atom stereocenters. The van der Waals surface area contributed by atoms with E-state index in [1.807, 2.05) is 0 Å². The van der Waals surface area contributed by atoms with Crippen molar-refractivity contribution in [2.75, 3.05) is 10.6 Å². The van der Waals surface area contributed by atoms with Crippen LogP contribution in [0.2, 0.25) is 0 Å². The van der Waals surface area contributed by atoms with Gasteiger partial charge in [0.15, 0.2) is 0 Å². The average molecular weight is 302 g/mol. The third kappa shape index (κ3) is 2.67. The van der Waals surface area contributed by atoms with Crippen molar-refractivity contribution in [2.24, 2.45) is 0 Å². The molecule has 4 nitrogen and oxygen atoms in total. The minimum absolute atomic E-state index is 0.111. The minimum Gasteiger partial charge on any atom is -0.325 e. The molecule has 0 spiro atoms. The zero-order valence-corrected chi connectivity index (χ0v) is 11.4. The van der Waals surface area contributed by atoms with Crippen LogP contribution in [-0.2, 0) is 9.59 Å².